The number of nitrogens with zero attached hydrogens (tertiary/aromatic N) is 1. The first-order valence-electron chi connectivity index (χ1n) is 10.9. The van der Waals surface area contributed by atoms with E-state index in [-0.39, 0.29) is 42.6 Å². The molecule has 1 heterocycles. The van der Waals surface area contributed by atoms with Gasteiger partial charge in [0.05, 0.1) is 19.1 Å². The number of amides is 3. The topological polar surface area (TPSA) is 87.7 Å². The number of hydrogen-bond acceptors (Lipinski definition) is 4. The Balaban J connectivity index is 1.63. The monoisotopic (exact) mass is 437 g/mol. The minimum Gasteiger partial charge on any atom is -0.497 e. The molecule has 0 bridgehead atoms. The predicted molar refractivity (Wildman–Crippen MR) is 123 cm³/mol. The van der Waals surface area contributed by atoms with Gasteiger partial charge in [0.2, 0.25) is 17.7 Å². The number of carbonyl (C=O) groups excluding carboxylic acids is 3. The maximum Gasteiger partial charge on any atom is 0.243 e. The molecule has 0 radical (unpaired) electrons. The van der Waals surface area contributed by atoms with Crippen molar-refractivity contribution in [3.8, 4) is 5.75 Å². The zero-order valence-electron chi connectivity index (χ0n) is 19.0. The van der Waals surface area contributed by atoms with Gasteiger partial charge in [-0.05, 0) is 42.7 Å². The van der Waals surface area contributed by atoms with E-state index in [1.807, 2.05) is 51.1 Å². The molecule has 7 nitrogen and oxygen atoms in total. The fourth-order valence-corrected chi connectivity index (χ4v) is 3.83. The number of benzene rings is 2. The molecule has 2 unspecified atom stereocenters. The standard InChI is InChI=1S/C25H31N3O4/c1-16(2)23(25(31)26-17(3)18-8-6-5-7-9-18)27-24(30)19-14-22(29)28(15-19)20-10-12-21(32-4)13-11-20/h5-13,16-17,19,23H,14-15H2,1-4H3,(H,26,31)(H,27,30)/t17?,19?,23-/m1/s1. The van der Waals surface area contributed by atoms with Crippen LogP contribution in [0.1, 0.15) is 38.8 Å². The number of hydrogen-bond donors (Lipinski definition) is 2. The van der Waals surface area contributed by atoms with Gasteiger partial charge >= 0.3 is 0 Å². The Hall–Kier alpha value is -3.35. The van der Waals surface area contributed by atoms with Crippen LogP contribution < -0.4 is 20.3 Å². The summed E-state index contributed by atoms with van der Waals surface area (Å²) in [4.78, 5) is 40.0. The second kappa shape index (κ2) is 10.3. The summed E-state index contributed by atoms with van der Waals surface area (Å²) in [6.07, 6.45) is 0.116. The number of carbonyl (C=O) groups is 3. The second-order valence-electron chi connectivity index (χ2n) is 8.47. The van der Waals surface area contributed by atoms with Crippen molar-refractivity contribution in [1.82, 2.24) is 10.6 Å². The summed E-state index contributed by atoms with van der Waals surface area (Å²) in [5.74, 6) is -0.540. The smallest absolute Gasteiger partial charge is 0.243 e. The quantitative estimate of drug-likeness (QED) is 0.664. The molecule has 0 saturated carbocycles. The van der Waals surface area contributed by atoms with Crippen LogP contribution in [-0.2, 0) is 14.4 Å². The van der Waals surface area contributed by atoms with E-state index in [0.717, 1.165) is 11.3 Å². The Bertz CT molecular complexity index is 943. The van der Waals surface area contributed by atoms with Gasteiger partial charge < -0.3 is 20.3 Å². The van der Waals surface area contributed by atoms with Crippen molar-refractivity contribution in [1.29, 1.82) is 0 Å². The molecule has 0 aromatic heterocycles. The second-order valence-corrected chi connectivity index (χ2v) is 8.47. The molecule has 3 amide bonds. The fraction of sp³-hybridized carbons (Fsp3) is 0.400. The minimum atomic E-state index is -0.682. The Labute approximate surface area is 189 Å². The normalized spacial score (nSPS) is 17.7. The summed E-state index contributed by atoms with van der Waals surface area (Å²) in [7, 11) is 1.58. The van der Waals surface area contributed by atoms with Crippen LogP contribution in [0.4, 0.5) is 5.69 Å². The molecule has 2 N–H and O–H groups in total. The summed E-state index contributed by atoms with van der Waals surface area (Å²) in [5.41, 5.74) is 1.71. The van der Waals surface area contributed by atoms with Gasteiger partial charge in [-0.1, -0.05) is 44.2 Å². The van der Waals surface area contributed by atoms with Crippen LogP contribution in [0, 0.1) is 11.8 Å². The lowest BCUT2D eigenvalue weighted by Gasteiger charge is -2.25. The number of ether oxygens (including phenoxy) is 1. The molecule has 2 aromatic carbocycles. The van der Waals surface area contributed by atoms with Gasteiger partial charge in [0.25, 0.3) is 0 Å². The molecular formula is C25H31N3O4. The third kappa shape index (κ3) is 5.46. The van der Waals surface area contributed by atoms with Crippen molar-refractivity contribution in [2.75, 3.05) is 18.6 Å². The van der Waals surface area contributed by atoms with E-state index in [4.69, 9.17) is 4.74 Å². The minimum absolute atomic E-state index is 0.100. The van der Waals surface area contributed by atoms with E-state index >= 15 is 0 Å². The highest BCUT2D eigenvalue weighted by Gasteiger charge is 2.37. The van der Waals surface area contributed by atoms with Crippen molar-refractivity contribution in [3.63, 3.8) is 0 Å². The molecule has 1 fully saturated rings. The molecule has 3 atom stereocenters. The predicted octanol–water partition coefficient (Wildman–Crippen LogP) is 3.07. The first-order chi connectivity index (χ1) is 15.3. The van der Waals surface area contributed by atoms with Crippen LogP contribution in [-0.4, -0.2) is 37.4 Å². The molecule has 1 aliphatic rings. The van der Waals surface area contributed by atoms with E-state index in [0.29, 0.717) is 5.75 Å². The van der Waals surface area contributed by atoms with Crippen molar-refractivity contribution in [3.05, 3.63) is 60.2 Å². The van der Waals surface area contributed by atoms with E-state index in [9.17, 15) is 14.4 Å². The Morgan fingerprint density at radius 1 is 1.00 bits per heavy atom. The molecule has 3 rings (SSSR count). The average Bonchev–Trinajstić information content (AvgIpc) is 3.19. The van der Waals surface area contributed by atoms with Crippen molar-refractivity contribution in [2.24, 2.45) is 11.8 Å². The lowest BCUT2D eigenvalue weighted by Crippen LogP contribution is -2.51. The van der Waals surface area contributed by atoms with Crippen molar-refractivity contribution in [2.45, 2.75) is 39.3 Å². The van der Waals surface area contributed by atoms with E-state index in [1.54, 1.807) is 36.3 Å². The van der Waals surface area contributed by atoms with Gasteiger partial charge in [0, 0.05) is 18.7 Å². The summed E-state index contributed by atoms with van der Waals surface area (Å²) < 4.78 is 5.16. The lowest BCUT2D eigenvalue weighted by molar-refractivity contribution is -0.132. The first-order valence-corrected chi connectivity index (χ1v) is 10.9. The third-order valence-electron chi connectivity index (χ3n) is 5.79. The molecule has 170 valence electrons. The van der Waals surface area contributed by atoms with Crippen LogP contribution in [0.2, 0.25) is 0 Å². The summed E-state index contributed by atoms with van der Waals surface area (Å²) in [6.45, 7) is 5.97. The van der Waals surface area contributed by atoms with E-state index in [2.05, 4.69) is 10.6 Å². The van der Waals surface area contributed by atoms with E-state index < -0.39 is 12.0 Å². The molecular weight excluding hydrogens is 406 g/mol. The zero-order chi connectivity index (χ0) is 23.3. The highest BCUT2D eigenvalue weighted by Crippen LogP contribution is 2.27. The summed E-state index contributed by atoms with van der Waals surface area (Å²) in [5, 5.41) is 5.86. The fourth-order valence-electron chi connectivity index (χ4n) is 3.83. The number of methoxy groups -OCH3 is 1. The zero-order valence-corrected chi connectivity index (χ0v) is 19.0. The van der Waals surface area contributed by atoms with Gasteiger partial charge in [-0.25, -0.2) is 0 Å². The molecule has 0 spiro atoms. The number of rotatable bonds is 8. The van der Waals surface area contributed by atoms with Crippen LogP contribution >= 0.6 is 0 Å². The van der Waals surface area contributed by atoms with Gasteiger partial charge in [-0.15, -0.1) is 0 Å². The van der Waals surface area contributed by atoms with Crippen molar-refractivity contribution >= 4 is 23.4 Å². The SMILES string of the molecule is COc1ccc(N2CC(C(=O)N[C@@H](C(=O)NC(C)c3ccccc3)C(C)C)CC2=O)cc1. The Morgan fingerprint density at radius 3 is 2.25 bits per heavy atom. The summed E-state index contributed by atoms with van der Waals surface area (Å²) in [6, 6.07) is 16.0. The molecule has 2 aromatic rings. The molecule has 7 heteroatoms. The van der Waals surface area contributed by atoms with Gasteiger partial charge in [0.15, 0.2) is 0 Å². The molecule has 1 saturated heterocycles. The first kappa shape index (κ1) is 23.3. The third-order valence-corrected chi connectivity index (χ3v) is 5.79. The largest absolute Gasteiger partial charge is 0.497 e. The van der Waals surface area contributed by atoms with E-state index in [1.165, 1.54) is 0 Å². The molecule has 1 aliphatic heterocycles. The maximum absolute atomic E-state index is 13.0. The van der Waals surface area contributed by atoms with Gasteiger partial charge in [-0.2, -0.15) is 0 Å². The number of anilines is 1. The lowest BCUT2D eigenvalue weighted by atomic mass is 10.00. The maximum atomic E-state index is 13.0. The van der Waals surface area contributed by atoms with Crippen LogP contribution in [0.3, 0.4) is 0 Å². The Morgan fingerprint density at radius 2 is 1.66 bits per heavy atom. The molecule has 0 aliphatic carbocycles. The average molecular weight is 438 g/mol. The Kier molecular flexibility index (Phi) is 7.51. The summed E-state index contributed by atoms with van der Waals surface area (Å²) >= 11 is 0. The molecule has 32 heavy (non-hydrogen) atoms. The highest BCUT2D eigenvalue weighted by molar-refractivity contribution is 6.01. The van der Waals surface area contributed by atoms with Crippen LogP contribution in [0.15, 0.2) is 54.6 Å². The van der Waals surface area contributed by atoms with Crippen LogP contribution in [0.5, 0.6) is 5.75 Å². The van der Waals surface area contributed by atoms with Crippen molar-refractivity contribution < 1.29 is 19.1 Å². The van der Waals surface area contributed by atoms with Gasteiger partial charge in [-0.3, -0.25) is 14.4 Å². The number of nitrogens with one attached hydrogen (secondary N) is 2. The van der Waals surface area contributed by atoms with Gasteiger partial charge in [0.1, 0.15) is 11.8 Å². The van der Waals surface area contributed by atoms with Crippen LogP contribution in [0.25, 0.3) is 0 Å². The highest BCUT2D eigenvalue weighted by atomic mass is 16.5.